The first-order valence-electron chi connectivity index (χ1n) is 7.99. The molecule has 0 radical (unpaired) electrons. The van der Waals surface area contributed by atoms with E-state index >= 15 is 0 Å². The van der Waals surface area contributed by atoms with Crippen LogP contribution in [0.5, 0.6) is 0 Å². The van der Waals surface area contributed by atoms with Gasteiger partial charge in [0.1, 0.15) is 5.54 Å². The second kappa shape index (κ2) is 6.90. The fourth-order valence-corrected chi connectivity index (χ4v) is 3.37. The van der Waals surface area contributed by atoms with Crippen molar-refractivity contribution in [3.8, 4) is 0 Å². The van der Waals surface area contributed by atoms with E-state index in [9.17, 15) is 9.90 Å². The maximum absolute atomic E-state index is 11.7. The van der Waals surface area contributed by atoms with Gasteiger partial charge >= 0.3 is 5.97 Å². The highest BCUT2D eigenvalue weighted by molar-refractivity contribution is 5.78. The van der Waals surface area contributed by atoms with Gasteiger partial charge in [-0.2, -0.15) is 0 Å². The summed E-state index contributed by atoms with van der Waals surface area (Å²) in [6, 6.07) is 0.189. The van der Waals surface area contributed by atoms with E-state index in [2.05, 4.69) is 24.1 Å². The molecule has 0 aromatic rings. The molecule has 1 aliphatic rings. The van der Waals surface area contributed by atoms with E-state index in [1.54, 1.807) is 0 Å². The molecule has 0 spiro atoms. The second-order valence-corrected chi connectivity index (χ2v) is 7.05. The molecule has 0 aliphatic carbocycles. The molecule has 0 amide bonds. The van der Waals surface area contributed by atoms with Crippen molar-refractivity contribution in [2.45, 2.75) is 83.8 Å². The number of likely N-dealkylation sites (tertiary alicyclic amines) is 1. The van der Waals surface area contributed by atoms with Crippen molar-refractivity contribution < 1.29 is 9.90 Å². The summed E-state index contributed by atoms with van der Waals surface area (Å²) in [4.78, 5) is 14.2. The van der Waals surface area contributed by atoms with Crippen LogP contribution in [0.15, 0.2) is 0 Å². The number of hydrogen-bond acceptors (Lipinski definition) is 3. The third kappa shape index (κ3) is 4.19. The van der Waals surface area contributed by atoms with Gasteiger partial charge in [-0.05, 0) is 72.9 Å². The maximum atomic E-state index is 11.7. The van der Waals surface area contributed by atoms with E-state index in [1.807, 2.05) is 20.8 Å². The standard InChI is InChI=1S/C16H32N2O2/c1-6-16(14(19)20,17-13(2)3)10-8-12-18-11-7-9-15(18,4)5/h13,17H,6-12H2,1-5H3,(H,19,20). The summed E-state index contributed by atoms with van der Waals surface area (Å²) in [5, 5.41) is 12.9. The molecular weight excluding hydrogens is 252 g/mol. The van der Waals surface area contributed by atoms with Crippen LogP contribution in [0.4, 0.5) is 0 Å². The van der Waals surface area contributed by atoms with E-state index < -0.39 is 11.5 Å². The molecule has 0 aromatic heterocycles. The molecule has 1 fully saturated rings. The van der Waals surface area contributed by atoms with Crippen LogP contribution in [0.1, 0.15) is 66.7 Å². The van der Waals surface area contributed by atoms with Crippen LogP contribution in [0.25, 0.3) is 0 Å². The van der Waals surface area contributed by atoms with Crippen molar-refractivity contribution in [3.05, 3.63) is 0 Å². The maximum Gasteiger partial charge on any atom is 0.323 e. The molecule has 4 heteroatoms. The van der Waals surface area contributed by atoms with Crippen molar-refractivity contribution in [3.63, 3.8) is 0 Å². The Morgan fingerprint density at radius 1 is 1.45 bits per heavy atom. The lowest BCUT2D eigenvalue weighted by atomic mass is 9.89. The Bertz CT molecular complexity index is 328. The minimum atomic E-state index is -0.766. The first kappa shape index (κ1) is 17.4. The molecule has 4 nitrogen and oxygen atoms in total. The average Bonchev–Trinajstić information content (AvgIpc) is 2.66. The van der Waals surface area contributed by atoms with Gasteiger partial charge in [0.15, 0.2) is 0 Å². The molecule has 2 N–H and O–H groups in total. The zero-order valence-corrected chi connectivity index (χ0v) is 13.8. The van der Waals surface area contributed by atoms with Gasteiger partial charge in [-0.1, -0.05) is 6.92 Å². The number of carbonyl (C=O) groups is 1. The predicted octanol–water partition coefficient (Wildman–Crippen LogP) is 2.87. The van der Waals surface area contributed by atoms with Crippen molar-refractivity contribution in [1.29, 1.82) is 0 Å². The fourth-order valence-electron chi connectivity index (χ4n) is 3.37. The molecule has 0 bridgehead atoms. The number of nitrogens with one attached hydrogen (secondary N) is 1. The third-order valence-electron chi connectivity index (χ3n) is 4.68. The lowest BCUT2D eigenvalue weighted by Gasteiger charge is -2.35. The van der Waals surface area contributed by atoms with Crippen LogP contribution < -0.4 is 5.32 Å². The minimum absolute atomic E-state index is 0.189. The molecule has 1 saturated heterocycles. The largest absolute Gasteiger partial charge is 0.480 e. The molecule has 1 unspecified atom stereocenters. The summed E-state index contributed by atoms with van der Waals surface area (Å²) in [6.07, 6.45) is 4.76. The number of aliphatic carboxylic acids is 1. The highest BCUT2D eigenvalue weighted by Gasteiger charge is 2.37. The van der Waals surface area contributed by atoms with Crippen LogP contribution in [0, 0.1) is 0 Å². The van der Waals surface area contributed by atoms with Crippen LogP contribution in [-0.4, -0.2) is 46.2 Å². The van der Waals surface area contributed by atoms with Crippen LogP contribution in [-0.2, 0) is 4.79 Å². The molecule has 0 aromatic carbocycles. The fraction of sp³-hybridized carbons (Fsp3) is 0.938. The van der Waals surface area contributed by atoms with Crippen LogP contribution in [0.2, 0.25) is 0 Å². The molecular formula is C16H32N2O2. The highest BCUT2D eigenvalue weighted by Crippen LogP contribution is 2.29. The molecule has 1 aliphatic heterocycles. The Balaban J connectivity index is 2.56. The smallest absolute Gasteiger partial charge is 0.323 e. The quantitative estimate of drug-likeness (QED) is 0.719. The predicted molar refractivity (Wildman–Crippen MR) is 83.0 cm³/mol. The zero-order chi connectivity index (χ0) is 15.4. The molecule has 118 valence electrons. The minimum Gasteiger partial charge on any atom is -0.480 e. The van der Waals surface area contributed by atoms with Crippen molar-refractivity contribution in [1.82, 2.24) is 10.2 Å². The van der Waals surface area contributed by atoms with Gasteiger partial charge in [0.05, 0.1) is 0 Å². The normalized spacial score (nSPS) is 22.1. The van der Waals surface area contributed by atoms with E-state index in [-0.39, 0.29) is 11.6 Å². The van der Waals surface area contributed by atoms with E-state index in [1.165, 1.54) is 12.8 Å². The van der Waals surface area contributed by atoms with Gasteiger partial charge < -0.3 is 5.11 Å². The summed E-state index contributed by atoms with van der Waals surface area (Å²) in [5.74, 6) is -0.714. The van der Waals surface area contributed by atoms with E-state index in [0.717, 1.165) is 19.5 Å². The molecule has 1 heterocycles. The first-order chi connectivity index (χ1) is 9.23. The third-order valence-corrected chi connectivity index (χ3v) is 4.68. The lowest BCUT2D eigenvalue weighted by Crippen LogP contribution is -2.54. The monoisotopic (exact) mass is 284 g/mol. The van der Waals surface area contributed by atoms with Gasteiger partial charge in [0.25, 0.3) is 0 Å². The van der Waals surface area contributed by atoms with Gasteiger partial charge in [0.2, 0.25) is 0 Å². The Morgan fingerprint density at radius 3 is 2.50 bits per heavy atom. The molecule has 1 rings (SSSR count). The van der Waals surface area contributed by atoms with Crippen LogP contribution in [0.3, 0.4) is 0 Å². The summed E-state index contributed by atoms with van der Waals surface area (Å²) in [6.45, 7) is 12.7. The average molecular weight is 284 g/mol. The van der Waals surface area contributed by atoms with E-state index in [4.69, 9.17) is 0 Å². The molecule has 0 saturated carbocycles. The summed E-state index contributed by atoms with van der Waals surface area (Å²) < 4.78 is 0. The lowest BCUT2D eigenvalue weighted by molar-refractivity contribution is -0.145. The van der Waals surface area contributed by atoms with Gasteiger partial charge in [-0.25, -0.2) is 0 Å². The molecule has 1 atom stereocenters. The van der Waals surface area contributed by atoms with Gasteiger partial charge in [-0.15, -0.1) is 0 Å². The van der Waals surface area contributed by atoms with Crippen molar-refractivity contribution >= 4 is 5.97 Å². The van der Waals surface area contributed by atoms with Crippen LogP contribution >= 0.6 is 0 Å². The SMILES string of the molecule is CCC(CCCN1CCCC1(C)C)(NC(C)C)C(=O)O. The molecule has 20 heavy (non-hydrogen) atoms. The Hall–Kier alpha value is -0.610. The number of carboxylic acids is 1. The zero-order valence-electron chi connectivity index (χ0n) is 13.8. The summed E-state index contributed by atoms with van der Waals surface area (Å²) in [7, 11) is 0. The van der Waals surface area contributed by atoms with E-state index in [0.29, 0.717) is 12.8 Å². The summed E-state index contributed by atoms with van der Waals surface area (Å²) in [5.41, 5.74) is -0.485. The Kier molecular flexibility index (Phi) is 6.02. The number of rotatable bonds is 8. The highest BCUT2D eigenvalue weighted by atomic mass is 16.4. The Morgan fingerprint density at radius 2 is 2.10 bits per heavy atom. The number of nitrogens with zero attached hydrogens (tertiary/aromatic N) is 1. The summed E-state index contributed by atoms with van der Waals surface area (Å²) >= 11 is 0. The number of carboxylic acid groups (broad SMARTS) is 1. The second-order valence-electron chi connectivity index (χ2n) is 7.05. The Labute approximate surface area is 123 Å². The topological polar surface area (TPSA) is 52.6 Å². The van der Waals surface area contributed by atoms with Crippen molar-refractivity contribution in [2.75, 3.05) is 13.1 Å². The number of hydrogen-bond donors (Lipinski definition) is 2. The van der Waals surface area contributed by atoms with Crippen molar-refractivity contribution in [2.24, 2.45) is 0 Å². The van der Waals surface area contributed by atoms with Gasteiger partial charge in [-0.3, -0.25) is 15.0 Å². The first-order valence-corrected chi connectivity index (χ1v) is 7.99. The van der Waals surface area contributed by atoms with Gasteiger partial charge in [0, 0.05) is 11.6 Å².